The van der Waals surface area contributed by atoms with Crippen molar-refractivity contribution in [2.45, 2.75) is 13.0 Å². The quantitative estimate of drug-likeness (QED) is 0.935. The van der Waals surface area contributed by atoms with Crippen molar-refractivity contribution in [1.82, 2.24) is 14.5 Å². The zero-order valence-electron chi connectivity index (χ0n) is 12.4. The van der Waals surface area contributed by atoms with E-state index in [-0.39, 0.29) is 19.0 Å². The molecule has 1 N–H and O–H groups in total. The minimum atomic E-state index is 0. The number of hydrogen-bond donors (Lipinski definition) is 1. The summed E-state index contributed by atoms with van der Waals surface area (Å²) < 4.78 is 2.14. The van der Waals surface area contributed by atoms with Crippen LogP contribution in [-0.4, -0.2) is 59.4 Å². The third kappa shape index (κ3) is 3.31. The number of imidazole rings is 1. The molecule has 1 fully saturated rings. The van der Waals surface area contributed by atoms with E-state index in [4.69, 9.17) is 4.98 Å². The van der Waals surface area contributed by atoms with Gasteiger partial charge in [-0.25, -0.2) is 4.98 Å². The maximum atomic E-state index is 9.34. The van der Waals surface area contributed by atoms with Crippen LogP contribution in [0.15, 0.2) is 24.3 Å². The maximum absolute atomic E-state index is 9.34. The number of rotatable bonds is 3. The fourth-order valence-electron chi connectivity index (χ4n) is 2.87. The van der Waals surface area contributed by atoms with Crippen molar-refractivity contribution in [2.75, 3.05) is 44.7 Å². The molecular weight excluding hydrogens is 288 g/mol. The summed E-state index contributed by atoms with van der Waals surface area (Å²) in [4.78, 5) is 9.49. The lowest BCUT2D eigenvalue weighted by Gasteiger charge is -2.22. The van der Waals surface area contributed by atoms with Crippen molar-refractivity contribution in [1.29, 1.82) is 0 Å². The standard InChI is InChI=1S/C15H22N4O.ClH/c1-17-7-4-8-18(10-9-17)15-16-13-5-2-3-6-14(13)19(15)11-12-20;/h2-3,5-6,20H,4,7-12H2,1H3;1H. The summed E-state index contributed by atoms with van der Waals surface area (Å²) in [5.41, 5.74) is 2.11. The number of fused-ring (bicyclic) bond motifs is 1. The molecule has 0 aliphatic carbocycles. The van der Waals surface area contributed by atoms with Crippen molar-refractivity contribution in [2.24, 2.45) is 0 Å². The van der Waals surface area contributed by atoms with Crippen molar-refractivity contribution in [3.05, 3.63) is 24.3 Å². The van der Waals surface area contributed by atoms with Crippen LogP contribution in [0, 0.1) is 0 Å². The predicted molar refractivity (Wildman–Crippen MR) is 88.4 cm³/mol. The van der Waals surface area contributed by atoms with Gasteiger partial charge in [0.05, 0.1) is 17.6 Å². The van der Waals surface area contributed by atoms with E-state index < -0.39 is 0 Å². The lowest BCUT2D eigenvalue weighted by molar-refractivity contribution is 0.278. The largest absolute Gasteiger partial charge is 0.395 e. The first kappa shape index (κ1) is 16.1. The van der Waals surface area contributed by atoms with Gasteiger partial charge in [0.2, 0.25) is 5.95 Å². The summed E-state index contributed by atoms with van der Waals surface area (Å²) in [6.07, 6.45) is 1.15. The molecule has 116 valence electrons. The molecule has 1 aliphatic heterocycles. The molecule has 6 heteroatoms. The van der Waals surface area contributed by atoms with Crippen LogP contribution in [0.3, 0.4) is 0 Å². The minimum absolute atomic E-state index is 0. The third-order valence-corrected chi connectivity index (χ3v) is 3.96. The molecular formula is C15H23ClN4O. The van der Waals surface area contributed by atoms with Crippen LogP contribution in [0.1, 0.15) is 6.42 Å². The first-order chi connectivity index (χ1) is 9.79. The Balaban J connectivity index is 0.00000161. The van der Waals surface area contributed by atoms with E-state index in [1.807, 2.05) is 18.2 Å². The molecule has 3 rings (SSSR count). The fraction of sp³-hybridized carbons (Fsp3) is 0.533. The predicted octanol–water partition coefficient (Wildman–Crippen LogP) is 1.59. The monoisotopic (exact) mass is 310 g/mol. The molecule has 21 heavy (non-hydrogen) atoms. The second-order valence-electron chi connectivity index (χ2n) is 5.42. The summed E-state index contributed by atoms with van der Waals surface area (Å²) in [5, 5.41) is 9.34. The molecule has 1 aliphatic rings. The lowest BCUT2D eigenvalue weighted by Crippen LogP contribution is -2.31. The van der Waals surface area contributed by atoms with E-state index in [0.717, 1.165) is 49.6 Å². The van der Waals surface area contributed by atoms with E-state index in [9.17, 15) is 5.11 Å². The van der Waals surface area contributed by atoms with E-state index >= 15 is 0 Å². The highest BCUT2D eigenvalue weighted by Crippen LogP contribution is 2.23. The Morgan fingerprint density at radius 3 is 2.76 bits per heavy atom. The molecule has 0 atom stereocenters. The summed E-state index contributed by atoms with van der Waals surface area (Å²) in [6, 6.07) is 8.15. The maximum Gasteiger partial charge on any atom is 0.206 e. The second kappa shape index (κ2) is 7.11. The molecule has 0 radical (unpaired) electrons. The Morgan fingerprint density at radius 2 is 1.95 bits per heavy atom. The van der Waals surface area contributed by atoms with Crippen LogP contribution >= 0.6 is 12.4 Å². The minimum Gasteiger partial charge on any atom is -0.395 e. The Labute approximate surface area is 131 Å². The van der Waals surface area contributed by atoms with Gasteiger partial charge in [-0.2, -0.15) is 0 Å². The van der Waals surface area contributed by atoms with E-state index in [2.05, 4.69) is 27.5 Å². The lowest BCUT2D eigenvalue weighted by atomic mass is 10.3. The van der Waals surface area contributed by atoms with Gasteiger partial charge < -0.3 is 19.5 Å². The van der Waals surface area contributed by atoms with Gasteiger partial charge in [-0.3, -0.25) is 0 Å². The normalized spacial score (nSPS) is 16.8. The summed E-state index contributed by atoms with van der Waals surface area (Å²) >= 11 is 0. The number of halogens is 1. The Hall–Kier alpha value is -1.30. The van der Waals surface area contributed by atoms with Crippen LogP contribution in [-0.2, 0) is 6.54 Å². The number of hydrogen-bond acceptors (Lipinski definition) is 4. The molecule has 0 spiro atoms. The molecule has 0 saturated carbocycles. The first-order valence-electron chi connectivity index (χ1n) is 7.29. The van der Waals surface area contributed by atoms with Gasteiger partial charge in [0.15, 0.2) is 0 Å². The van der Waals surface area contributed by atoms with Crippen molar-refractivity contribution in [3.63, 3.8) is 0 Å². The third-order valence-electron chi connectivity index (χ3n) is 3.96. The fourth-order valence-corrected chi connectivity index (χ4v) is 2.87. The Kier molecular flexibility index (Phi) is 5.45. The average molecular weight is 311 g/mol. The van der Waals surface area contributed by atoms with Crippen LogP contribution < -0.4 is 4.90 Å². The average Bonchev–Trinajstić information content (AvgIpc) is 2.67. The molecule has 2 heterocycles. The highest BCUT2D eigenvalue weighted by Gasteiger charge is 2.19. The molecule has 1 saturated heterocycles. The van der Waals surface area contributed by atoms with Gasteiger partial charge >= 0.3 is 0 Å². The smallest absolute Gasteiger partial charge is 0.206 e. The number of aliphatic hydroxyl groups is 1. The zero-order valence-corrected chi connectivity index (χ0v) is 13.2. The van der Waals surface area contributed by atoms with Gasteiger partial charge in [0.1, 0.15) is 0 Å². The van der Waals surface area contributed by atoms with Gasteiger partial charge in [-0.15, -0.1) is 12.4 Å². The van der Waals surface area contributed by atoms with Crippen LogP contribution in [0.2, 0.25) is 0 Å². The summed E-state index contributed by atoms with van der Waals surface area (Å²) in [7, 11) is 2.17. The van der Waals surface area contributed by atoms with E-state index in [0.29, 0.717) is 6.54 Å². The van der Waals surface area contributed by atoms with E-state index in [1.165, 1.54) is 0 Å². The van der Waals surface area contributed by atoms with Crippen LogP contribution in [0.25, 0.3) is 11.0 Å². The van der Waals surface area contributed by atoms with E-state index in [1.54, 1.807) is 0 Å². The van der Waals surface area contributed by atoms with Gasteiger partial charge in [0, 0.05) is 26.2 Å². The topological polar surface area (TPSA) is 44.5 Å². The number of aliphatic hydroxyl groups excluding tert-OH is 1. The van der Waals surface area contributed by atoms with Gasteiger partial charge in [-0.1, -0.05) is 12.1 Å². The number of para-hydroxylation sites is 2. The summed E-state index contributed by atoms with van der Waals surface area (Å²) in [5.74, 6) is 0.996. The number of nitrogens with zero attached hydrogens (tertiary/aromatic N) is 4. The number of aromatic nitrogens is 2. The van der Waals surface area contributed by atoms with Gasteiger partial charge in [0.25, 0.3) is 0 Å². The molecule has 0 amide bonds. The Bertz CT molecular complexity index is 586. The SMILES string of the molecule is CN1CCCN(c2nc3ccccc3n2CCO)CC1.Cl. The van der Waals surface area contributed by atoms with Crippen molar-refractivity contribution >= 4 is 29.4 Å². The second-order valence-corrected chi connectivity index (χ2v) is 5.42. The first-order valence-corrected chi connectivity index (χ1v) is 7.29. The highest BCUT2D eigenvalue weighted by molar-refractivity contribution is 5.85. The van der Waals surface area contributed by atoms with Crippen molar-refractivity contribution in [3.8, 4) is 0 Å². The number of benzene rings is 1. The Morgan fingerprint density at radius 1 is 1.14 bits per heavy atom. The summed E-state index contributed by atoms with van der Waals surface area (Å²) in [6.45, 7) is 4.95. The molecule has 0 unspecified atom stereocenters. The number of anilines is 1. The molecule has 1 aromatic carbocycles. The molecule has 1 aromatic heterocycles. The molecule has 5 nitrogen and oxygen atoms in total. The van der Waals surface area contributed by atoms with Gasteiger partial charge in [-0.05, 0) is 32.1 Å². The zero-order chi connectivity index (χ0) is 13.9. The molecule has 0 bridgehead atoms. The van der Waals surface area contributed by atoms with Crippen LogP contribution in [0.4, 0.5) is 5.95 Å². The molecule has 2 aromatic rings. The number of likely N-dealkylation sites (N-methyl/N-ethyl adjacent to an activating group) is 1. The van der Waals surface area contributed by atoms with Crippen LogP contribution in [0.5, 0.6) is 0 Å². The van der Waals surface area contributed by atoms with Crippen molar-refractivity contribution < 1.29 is 5.11 Å². The highest BCUT2D eigenvalue weighted by atomic mass is 35.5.